The van der Waals surface area contributed by atoms with Gasteiger partial charge in [0.1, 0.15) is 11.5 Å². The normalized spacial score (nSPS) is 11.5. The van der Waals surface area contributed by atoms with Gasteiger partial charge in [0.2, 0.25) is 5.91 Å². The summed E-state index contributed by atoms with van der Waals surface area (Å²) in [5, 5.41) is 12.2. The van der Waals surface area contributed by atoms with Crippen LogP contribution in [0.1, 0.15) is 23.1 Å². The highest BCUT2D eigenvalue weighted by Gasteiger charge is 2.19. The minimum atomic E-state index is -0.920. The Bertz CT molecular complexity index is 818. The molecule has 0 bridgehead atoms. The number of carbonyl (C=O) groups is 2. The predicted molar refractivity (Wildman–Crippen MR) is 107 cm³/mol. The van der Waals surface area contributed by atoms with Crippen molar-refractivity contribution in [1.29, 1.82) is 0 Å². The third-order valence-corrected chi connectivity index (χ3v) is 4.57. The van der Waals surface area contributed by atoms with E-state index in [0.717, 1.165) is 16.7 Å². The fraction of sp³-hybridized carbons (Fsp3) is 0.364. The minimum absolute atomic E-state index is 0.0946. The number of carbonyl (C=O) groups excluding carboxylic acids is 1. The van der Waals surface area contributed by atoms with Gasteiger partial charge in [-0.2, -0.15) is 0 Å². The maximum atomic E-state index is 12.2. The molecule has 0 saturated carbocycles. The molecule has 2 aromatic carbocycles. The Morgan fingerprint density at radius 1 is 1.11 bits per heavy atom. The van der Waals surface area contributed by atoms with E-state index in [-0.39, 0.29) is 18.9 Å². The zero-order valence-electron chi connectivity index (χ0n) is 16.5. The van der Waals surface area contributed by atoms with E-state index in [1.165, 1.54) is 0 Å². The van der Waals surface area contributed by atoms with E-state index in [2.05, 4.69) is 5.32 Å². The molecule has 0 aliphatic carbocycles. The standard InChI is InChI=1S/C22H27NO5/c1-15-5-4-6-16(11-15)12-18(22(25)26)14-23-21(24)10-7-17-13-19(27-2)8-9-20(17)28-3/h4-6,8-9,11,13,18H,7,10,12,14H2,1-3H3,(H,23,24)(H,25,26). The number of aliphatic carboxylic acids is 1. The summed E-state index contributed by atoms with van der Waals surface area (Å²) >= 11 is 0. The lowest BCUT2D eigenvalue weighted by atomic mass is 9.98. The SMILES string of the molecule is COc1ccc(OC)c(CCC(=O)NCC(Cc2cccc(C)c2)C(=O)O)c1. The first-order valence-electron chi connectivity index (χ1n) is 9.19. The van der Waals surface area contributed by atoms with E-state index in [1.54, 1.807) is 26.4 Å². The molecule has 6 heteroatoms. The molecule has 1 amide bonds. The molecule has 6 nitrogen and oxygen atoms in total. The van der Waals surface area contributed by atoms with Crippen molar-refractivity contribution in [3.8, 4) is 11.5 Å². The molecular formula is C22H27NO5. The lowest BCUT2D eigenvalue weighted by Gasteiger charge is -2.14. The summed E-state index contributed by atoms with van der Waals surface area (Å²) in [5.74, 6) is -0.398. The Hall–Kier alpha value is -3.02. The highest BCUT2D eigenvalue weighted by Crippen LogP contribution is 2.25. The largest absolute Gasteiger partial charge is 0.497 e. The summed E-state index contributed by atoms with van der Waals surface area (Å²) in [6, 6.07) is 13.2. The van der Waals surface area contributed by atoms with Crippen LogP contribution in [0.4, 0.5) is 0 Å². The third kappa shape index (κ3) is 6.30. The first-order chi connectivity index (χ1) is 13.4. The fourth-order valence-electron chi connectivity index (χ4n) is 3.02. The van der Waals surface area contributed by atoms with Crippen molar-refractivity contribution < 1.29 is 24.2 Å². The van der Waals surface area contributed by atoms with Crippen molar-refractivity contribution in [2.75, 3.05) is 20.8 Å². The minimum Gasteiger partial charge on any atom is -0.497 e. The summed E-state index contributed by atoms with van der Waals surface area (Å²) in [7, 11) is 3.16. The van der Waals surface area contributed by atoms with E-state index in [0.29, 0.717) is 24.3 Å². The number of carboxylic acids is 1. The first kappa shape index (κ1) is 21.3. The van der Waals surface area contributed by atoms with Crippen LogP contribution in [-0.2, 0) is 22.4 Å². The van der Waals surface area contributed by atoms with Crippen LogP contribution in [0.15, 0.2) is 42.5 Å². The number of hydrogen-bond acceptors (Lipinski definition) is 4. The Kier molecular flexibility index (Phi) is 7.87. The molecule has 2 aromatic rings. The smallest absolute Gasteiger partial charge is 0.308 e. The third-order valence-electron chi connectivity index (χ3n) is 4.57. The number of hydrogen-bond donors (Lipinski definition) is 2. The topological polar surface area (TPSA) is 84.9 Å². The van der Waals surface area contributed by atoms with Crippen LogP contribution in [0.5, 0.6) is 11.5 Å². The van der Waals surface area contributed by atoms with Crippen molar-refractivity contribution in [1.82, 2.24) is 5.32 Å². The number of nitrogens with one attached hydrogen (secondary N) is 1. The van der Waals surface area contributed by atoms with Gasteiger partial charge in [0.05, 0.1) is 20.1 Å². The highest BCUT2D eigenvalue weighted by atomic mass is 16.5. The molecule has 0 spiro atoms. The van der Waals surface area contributed by atoms with E-state index in [4.69, 9.17) is 9.47 Å². The molecule has 28 heavy (non-hydrogen) atoms. The second-order valence-electron chi connectivity index (χ2n) is 6.71. The van der Waals surface area contributed by atoms with E-state index in [1.807, 2.05) is 37.3 Å². The molecule has 1 atom stereocenters. The Morgan fingerprint density at radius 3 is 2.54 bits per heavy atom. The summed E-state index contributed by atoms with van der Waals surface area (Å²) in [6.45, 7) is 2.06. The summed E-state index contributed by atoms with van der Waals surface area (Å²) in [4.78, 5) is 23.8. The second kappa shape index (κ2) is 10.3. The first-order valence-corrected chi connectivity index (χ1v) is 9.19. The van der Waals surface area contributed by atoms with Crippen LogP contribution in [0.25, 0.3) is 0 Å². The molecule has 0 aliphatic rings. The van der Waals surface area contributed by atoms with Crippen molar-refractivity contribution in [2.24, 2.45) is 5.92 Å². The monoisotopic (exact) mass is 385 g/mol. The zero-order valence-corrected chi connectivity index (χ0v) is 16.5. The fourth-order valence-corrected chi connectivity index (χ4v) is 3.02. The summed E-state index contributed by atoms with van der Waals surface area (Å²) in [5.41, 5.74) is 2.90. The maximum Gasteiger partial charge on any atom is 0.308 e. The molecule has 0 saturated heterocycles. The van der Waals surface area contributed by atoms with Crippen LogP contribution < -0.4 is 14.8 Å². The van der Waals surface area contributed by atoms with Crippen LogP contribution in [-0.4, -0.2) is 37.7 Å². The Balaban J connectivity index is 1.90. The van der Waals surface area contributed by atoms with E-state index < -0.39 is 11.9 Å². The molecule has 0 aromatic heterocycles. The number of benzene rings is 2. The van der Waals surface area contributed by atoms with Gasteiger partial charge in [-0.25, -0.2) is 0 Å². The Morgan fingerprint density at radius 2 is 1.89 bits per heavy atom. The molecule has 150 valence electrons. The van der Waals surface area contributed by atoms with Crippen LogP contribution in [0.3, 0.4) is 0 Å². The van der Waals surface area contributed by atoms with Gasteiger partial charge >= 0.3 is 5.97 Å². The lowest BCUT2D eigenvalue weighted by molar-refractivity contribution is -0.141. The number of methoxy groups -OCH3 is 2. The molecule has 0 fully saturated rings. The van der Waals surface area contributed by atoms with E-state index >= 15 is 0 Å². The molecule has 0 aliphatic heterocycles. The number of rotatable bonds is 10. The Labute approximate surface area is 165 Å². The highest BCUT2D eigenvalue weighted by molar-refractivity contribution is 5.77. The number of ether oxygens (including phenoxy) is 2. The van der Waals surface area contributed by atoms with Crippen molar-refractivity contribution in [3.05, 3.63) is 59.2 Å². The van der Waals surface area contributed by atoms with Crippen molar-refractivity contribution >= 4 is 11.9 Å². The van der Waals surface area contributed by atoms with Gasteiger partial charge in [0.15, 0.2) is 0 Å². The van der Waals surface area contributed by atoms with E-state index in [9.17, 15) is 14.7 Å². The molecule has 1 unspecified atom stereocenters. The van der Waals surface area contributed by atoms with Gasteiger partial charge < -0.3 is 19.9 Å². The van der Waals surface area contributed by atoms with Crippen molar-refractivity contribution in [2.45, 2.75) is 26.2 Å². The van der Waals surface area contributed by atoms with Crippen LogP contribution >= 0.6 is 0 Å². The van der Waals surface area contributed by atoms with Crippen molar-refractivity contribution in [3.63, 3.8) is 0 Å². The van der Waals surface area contributed by atoms with Crippen LogP contribution in [0.2, 0.25) is 0 Å². The predicted octanol–water partition coefficient (Wildman–Crippen LogP) is 3.00. The molecule has 2 rings (SSSR count). The van der Waals surface area contributed by atoms with Gasteiger partial charge in [0.25, 0.3) is 0 Å². The summed E-state index contributed by atoms with van der Waals surface area (Å²) < 4.78 is 10.5. The molecule has 0 radical (unpaired) electrons. The quantitative estimate of drug-likeness (QED) is 0.657. The number of amides is 1. The number of aryl methyl sites for hydroxylation is 2. The average molecular weight is 385 g/mol. The van der Waals surface area contributed by atoms with Gasteiger partial charge in [-0.05, 0) is 49.1 Å². The van der Waals surface area contributed by atoms with Gasteiger partial charge in [-0.15, -0.1) is 0 Å². The second-order valence-corrected chi connectivity index (χ2v) is 6.71. The van der Waals surface area contributed by atoms with Crippen LogP contribution in [0, 0.1) is 12.8 Å². The van der Waals surface area contributed by atoms with Gasteiger partial charge in [-0.1, -0.05) is 29.8 Å². The van der Waals surface area contributed by atoms with Gasteiger partial charge in [0, 0.05) is 13.0 Å². The molecule has 2 N–H and O–H groups in total. The zero-order chi connectivity index (χ0) is 20.5. The summed E-state index contributed by atoms with van der Waals surface area (Å²) in [6.07, 6.45) is 1.09. The maximum absolute atomic E-state index is 12.2. The molecular weight excluding hydrogens is 358 g/mol. The average Bonchev–Trinajstić information content (AvgIpc) is 2.69. The lowest BCUT2D eigenvalue weighted by Crippen LogP contribution is -2.34. The molecule has 0 heterocycles. The number of carboxylic acid groups (broad SMARTS) is 1. The van der Waals surface area contributed by atoms with Gasteiger partial charge in [-0.3, -0.25) is 9.59 Å².